The highest BCUT2D eigenvalue weighted by Crippen LogP contribution is 2.34. The molecule has 1 heterocycles. The Labute approximate surface area is 137 Å². The monoisotopic (exact) mass is 312 g/mol. The van der Waals surface area contributed by atoms with E-state index < -0.39 is 12.2 Å². The van der Waals surface area contributed by atoms with Crippen molar-refractivity contribution >= 4 is 17.1 Å². The smallest absolute Gasteiger partial charge is 0.309 e. The summed E-state index contributed by atoms with van der Waals surface area (Å²) < 4.78 is 5.42. The number of esters is 1. The molecule has 1 saturated heterocycles. The van der Waals surface area contributed by atoms with Crippen LogP contribution in [0.2, 0.25) is 0 Å². The molecule has 0 saturated carbocycles. The van der Waals surface area contributed by atoms with E-state index in [2.05, 4.69) is 18.7 Å². The molecule has 3 heteroatoms. The summed E-state index contributed by atoms with van der Waals surface area (Å²) in [6.45, 7) is 4.18. The third kappa shape index (κ3) is 3.73. The standard InChI is InChI=1S/C20H24O3/c1-14(19-12-16(21)13-20(22)23-19)17-10-6-7-11-18(17)15-8-4-2-3-5-9-15/h6-8,10-11,16,19,21H,1-5,9,12-13H2. The van der Waals surface area contributed by atoms with Gasteiger partial charge in [-0.05, 0) is 48.0 Å². The van der Waals surface area contributed by atoms with Crippen LogP contribution in [0.5, 0.6) is 0 Å². The van der Waals surface area contributed by atoms with Crippen LogP contribution in [0.3, 0.4) is 0 Å². The van der Waals surface area contributed by atoms with Crippen molar-refractivity contribution in [2.75, 3.05) is 0 Å². The van der Waals surface area contributed by atoms with E-state index in [1.807, 2.05) is 18.2 Å². The largest absolute Gasteiger partial charge is 0.457 e. The van der Waals surface area contributed by atoms with Gasteiger partial charge in [0.25, 0.3) is 0 Å². The lowest BCUT2D eigenvalue weighted by atomic mass is 9.88. The van der Waals surface area contributed by atoms with Crippen molar-refractivity contribution in [2.24, 2.45) is 0 Å². The average molecular weight is 312 g/mol. The van der Waals surface area contributed by atoms with Crippen molar-refractivity contribution in [3.8, 4) is 0 Å². The van der Waals surface area contributed by atoms with Gasteiger partial charge in [-0.15, -0.1) is 0 Å². The van der Waals surface area contributed by atoms with Crippen LogP contribution in [0, 0.1) is 0 Å². The highest BCUT2D eigenvalue weighted by atomic mass is 16.5. The number of aliphatic hydroxyl groups is 1. The predicted octanol–water partition coefficient (Wildman–Crippen LogP) is 4.11. The molecule has 1 aliphatic heterocycles. The number of carbonyl (C=O) groups is 1. The van der Waals surface area contributed by atoms with E-state index in [1.54, 1.807) is 0 Å². The molecule has 2 unspecified atom stereocenters. The van der Waals surface area contributed by atoms with Crippen LogP contribution in [-0.4, -0.2) is 23.3 Å². The van der Waals surface area contributed by atoms with E-state index in [-0.39, 0.29) is 12.4 Å². The zero-order valence-electron chi connectivity index (χ0n) is 13.5. The normalized spacial score (nSPS) is 25.3. The topological polar surface area (TPSA) is 46.5 Å². The number of rotatable bonds is 3. The maximum absolute atomic E-state index is 11.6. The molecule has 3 rings (SSSR count). The highest BCUT2D eigenvalue weighted by molar-refractivity contribution is 5.82. The van der Waals surface area contributed by atoms with Crippen LogP contribution in [-0.2, 0) is 9.53 Å². The second-order valence-electron chi connectivity index (χ2n) is 6.47. The van der Waals surface area contributed by atoms with Crippen LogP contribution in [0.15, 0.2) is 36.9 Å². The van der Waals surface area contributed by atoms with Crippen molar-refractivity contribution in [1.29, 1.82) is 0 Å². The third-order valence-corrected chi connectivity index (χ3v) is 4.71. The summed E-state index contributed by atoms with van der Waals surface area (Å²) in [5, 5.41) is 9.85. The van der Waals surface area contributed by atoms with Crippen molar-refractivity contribution < 1.29 is 14.6 Å². The van der Waals surface area contributed by atoms with E-state index >= 15 is 0 Å². The van der Waals surface area contributed by atoms with Gasteiger partial charge >= 0.3 is 5.97 Å². The van der Waals surface area contributed by atoms with Crippen molar-refractivity contribution in [3.05, 3.63) is 48.0 Å². The lowest BCUT2D eigenvalue weighted by Gasteiger charge is -2.28. The molecule has 0 radical (unpaired) electrons. The zero-order chi connectivity index (χ0) is 16.2. The van der Waals surface area contributed by atoms with Gasteiger partial charge in [0.15, 0.2) is 0 Å². The van der Waals surface area contributed by atoms with Crippen LogP contribution < -0.4 is 0 Å². The van der Waals surface area contributed by atoms with Gasteiger partial charge in [0.05, 0.1) is 12.5 Å². The number of carbonyl (C=O) groups excluding carboxylic acids is 1. The number of allylic oxidation sites excluding steroid dienone is 2. The number of aliphatic hydroxyl groups excluding tert-OH is 1. The quantitative estimate of drug-likeness (QED) is 0.854. The van der Waals surface area contributed by atoms with Crippen LogP contribution in [0.25, 0.3) is 11.1 Å². The molecule has 0 aromatic heterocycles. The summed E-state index contributed by atoms with van der Waals surface area (Å²) in [6, 6.07) is 8.19. The summed E-state index contributed by atoms with van der Waals surface area (Å²) in [7, 11) is 0. The molecular formula is C20H24O3. The number of hydrogen-bond donors (Lipinski definition) is 1. The second kappa shape index (κ2) is 7.14. The number of benzene rings is 1. The van der Waals surface area contributed by atoms with Gasteiger partial charge in [0.2, 0.25) is 0 Å². The molecule has 1 aromatic rings. The summed E-state index contributed by atoms with van der Waals surface area (Å²) in [5.41, 5.74) is 4.38. The van der Waals surface area contributed by atoms with Crippen molar-refractivity contribution in [2.45, 2.75) is 57.2 Å². The summed E-state index contributed by atoms with van der Waals surface area (Å²) in [6.07, 6.45) is 7.71. The molecule has 0 bridgehead atoms. The highest BCUT2D eigenvalue weighted by Gasteiger charge is 2.30. The first kappa shape index (κ1) is 16.0. The SMILES string of the molecule is C=C(c1ccccc1C1=CCCCCC1)C1CC(O)CC(=O)O1. The Morgan fingerprint density at radius 2 is 2.04 bits per heavy atom. The Hall–Kier alpha value is -1.87. The molecule has 1 fully saturated rings. The van der Waals surface area contributed by atoms with E-state index in [4.69, 9.17) is 4.74 Å². The fourth-order valence-electron chi connectivity index (χ4n) is 3.47. The van der Waals surface area contributed by atoms with E-state index in [0.29, 0.717) is 6.42 Å². The molecule has 122 valence electrons. The van der Waals surface area contributed by atoms with Crippen LogP contribution in [0.1, 0.15) is 56.1 Å². The minimum Gasteiger partial charge on any atom is -0.457 e. The lowest BCUT2D eigenvalue weighted by Crippen LogP contribution is -2.33. The fourth-order valence-corrected chi connectivity index (χ4v) is 3.47. The summed E-state index contributed by atoms with van der Waals surface area (Å²) >= 11 is 0. The molecule has 3 nitrogen and oxygen atoms in total. The van der Waals surface area contributed by atoms with Gasteiger partial charge in [-0.3, -0.25) is 4.79 Å². The average Bonchev–Trinajstić information content (AvgIpc) is 2.82. The van der Waals surface area contributed by atoms with Gasteiger partial charge in [0, 0.05) is 6.42 Å². The number of cyclic esters (lactones) is 1. The molecule has 23 heavy (non-hydrogen) atoms. The van der Waals surface area contributed by atoms with E-state index in [0.717, 1.165) is 24.0 Å². The zero-order valence-corrected chi connectivity index (χ0v) is 13.5. The van der Waals surface area contributed by atoms with E-state index in [1.165, 1.54) is 30.4 Å². The molecule has 0 spiro atoms. The van der Waals surface area contributed by atoms with Crippen molar-refractivity contribution in [3.63, 3.8) is 0 Å². The number of hydrogen-bond acceptors (Lipinski definition) is 3. The first-order valence-electron chi connectivity index (χ1n) is 8.50. The first-order chi connectivity index (χ1) is 11.1. The maximum atomic E-state index is 11.6. The van der Waals surface area contributed by atoms with Gasteiger partial charge in [-0.25, -0.2) is 0 Å². The van der Waals surface area contributed by atoms with Gasteiger partial charge < -0.3 is 9.84 Å². The summed E-state index contributed by atoms with van der Waals surface area (Å²) in [5.74, 6) is -0.346. The second-order valence-corrected chi connectivity index (χ2v) is 6.47. The Balaban J connectivity index is 1.89. The Morgan fingerprint density at radius 1 is 1.22 bits per heavy atom. The minimum absolute atomic E-state index is 0.0799. The first-order valence-corrected chi connectivity index (χ1v) is 8.50. The molecule has 1 N–H and O–H groups in total. The Morgan fingerprint density at radius 3 is 2.87 bits per heavy atom. The molecule has 1 aliphatic carbocycles. The number of ether oxygens (including phenoxy) is 1. The Kier molecular flexibility index (Phi) is 4.97. The maximum Gasteiger partial charge on any atom is 0.309 e. The van der Waals surface area contributed by atoms with Gasteiger partial charge in [-0.1, -0.05) is 43.3 Å². The minimum atomic E-state index is -0.637. The molecular weight excluding hydrogens is 288 g/mol. The lowest BCUT2D eigenvalue weighted by molar-refractivity contribution is -0.155. The van der Waals surface area contributed by atoms with E-state index in [9.17, 15) is 9.90 Å². The molecule has 1 aromatic carbocycles. The van der Waals surface area contributed by atoms with Crippen LogP contribution >= 0.6 is 0 Å². The Bertz CT molecular complexity index is 630. The van der Waals surface area contributed by atoms with Gasteiger partial charge in [-0.2, -0.15) is 0 Å². The molecule has 0 amide bonds. The third-order valence-electron chi connectivity index (χ3n) is 4.71. The van der Waals surface area contributed by atoms with Crippen LogP contribution in [0.4, 0.5) is 0 Å². The molecule has 2 atom stereocenters. The predicted molar refractivity (Wildman–Crippen MR) is 91.7 cm³/mol. The van der Waals surface area contributed by atoms with Crippen molar-refractivity contribution in [1.82, 2.24) is 0 Å². The van der Waals surface area contributed by atoms with Gasteiger partial charge in [0.1, 0.15) is 6.10 Å². The summed E-state index contributed by atoms with van der Waals surface area (Å²) in [4.78, 5) is 11.6. The fraction of sp³-hybridized carbons (Fsp3) is 0.450. The molecule has 2 aliphatic rings.